The minimum atomic E-state index is -0.250. The van der Waals surface area contributed by atoms with Gasteiger partial charge in [0.2, 0.25) is 0 Å². The van der Waals surface area contributed by atoms with Crippen molar-refractivity contribution in [2.75, 3.05) is 13.2 Å². The van der Waals surface area contributed by atoms with Gasteiger partial charge >= 0.3 is 0 Å². The summed E-state index contributed by atoms with van der Waals surface area (Å²) in [6.07, 6.45) is 6.69. The van der Waals surface area contributed by atoms with Crippen molar-refractivity contribution in [2.24, 2.45) is 0 Å². The molecule has 2 aliphatic heterocycles. The lowest BCUT2D eigenvalue weighted by molar-refractivity contribution is -0.0954. The molecule has 0 aliphatic carbocycles. The molecule has 0 bridgehead atoms. The number of piperidine rings is 1. The first-order valence-electron chi connectivity index (χ1n) is 8.41. The maximum absolute atomic E-state index is 9.08. The Morgan fingerprint density at radius 1 is 1.54 bits per heavy atom. The average Bonchev–Trinajstić information content (AvgIpc) is 3.14. The molecule has 0 unspecified atom stereocenters. The molecule has 5 nitrogen and oxygen atoms in total. The zero-order valence-electron chi connectivity index (χ0n) is 13.7. The number of aliphatic hydroxyl groups is 1. The molecule has 130 valence electrons. The van der Waals surface area contributed by atoms with E-state index in [0.29, 0.717) is 12.6 Å². The van der Waals surface area contributed by atoms with Crippen molar-refractivity contribution in [3.8, 4) is 0 Å². The number of ether oxygens (including phenoxy) is 1. The Balaban J connectivity index is 1.65. The molecule has 2 aliphatic rings. The van der Waals surface area contributed by atoms with Crippen molar-refractivity contribution in [3.05, 3.63) is 38.8 Å². The molecular formula is C17H22ClN3O2S. The fraction of sp³-hybridized carbons (Fsp3) is 0.588. The minimum Gasteiger partial charge on any atom is -0.394 e. The van der Waals surface area contributed by atoms with Gasteiger partial charge in [0.15, 0.2) is 0 Å². The molecule has 4 heterocycles. The highest BCUT2D eigenvalue weighted by Gasteiger charge is 2.46. The molecule has 0 radical (unpaired) electrons. The molecule has 4 rings (SSSR count). The lowest BCUT2D eigenvalue weighted by atomic mass is 9.78. The Hall–Kier alpha value is -0.920. The summed E-state index contributed by atoms with van der Waals surface area (Å²) < 4.78 is 9.01. The van der Waals surface area contributed by atoms with Gasteiger partial charge < -0.3 is 15.2 Å². The van der Waals surface area contributed by atoms with Crippen LogP contribution in [-0.4, -0.2) is 34.1 Å². The third kappa shape index (κ3) is 2.91. The van der Waals surface area contributed by atoms with E-state index < -0.39 is 0 Å². The van der Waals surface area contributed by atoms with E-state index in [0.717, 1.165) is 35.8 Å². The van der Waals surface area contributed by atoms with E-state index in [4.69, 9.17) is 21.4 Å². The Morgan fingerprint density at radius 2 is 2.42 bits per heavy atom. The van der Waals surface area contributed by atoms with Gasteiger partial charge in [0.05, 0.1) is 30.3 Å². The van der Waals surface area contributed by atoms with Gasteiger partial charge in [-0.05, 0) is 31.4 Å². The molecular weight excluding hydrogens is 346 g/mol. The summed E-state index contributed by atoms with van der Waals surface area (Å²) in [6, 6.07) is 2.64. The van der Waals surface area contributed by atoms with Crippen LogP contribution in [0.25, 0.3) is 0 Å². The number of fused-ring (bicyclic) bond motifs is 2. The quantitative estimate of drug-likeness (QED) is 0.875. The Bertz CT molecular complexity index is 731. The van der Waals surface area contributed by atoms with Crippen molar-refractivity contribution in [1.29, 1.82) is 0 Å². The van der Waals surface area contributed by atoms with Crippen molar-refractivity contribution in [1.82, 2.24) is 15.1 Å². The van der Waals surface area contributed by atoms with Gasteiger partial charge in [0.25, 0.3) is 0 Å². The van der Waals surface area contributed by atoms with Gasteiger partial charge in [0, 0.05) is 35.1 Å². The lowest BCUT2D eigenvalue weighted by Gasteiger charge is -2.46. The number of thiophene rings is 1. The van der Waals surface area contributed by atoms with Crippen molar-refractivity contribution in [3.63, 3.8) is 0 Å². The van der Waals surface area contributed by atoms with Gasteiger partial charge in [-0.1, -0.05) is 11.6 Å². The molecule has 7 heteroatoms. The number of rotatable bonds is 3. The molecule has 1 fully saturated rings. The van der Waals surface area contributed by atoms with Gasteiger partial charge in [-0.3, -0.25) is 4.68 Å². The van der Waals surface area contributed by atoms with Crippen LogP contribution in [-0.2, 0) is 23.3 Å². The molecule has 3 atom stereocenters. The maximum Gasteiger partial charge on any atom is 0.106 e. The third-order valence-electron chi connectivity index (χ3n) is 4.98. The van der Waals surface area contributed by atoms with E-state index in [1.54, 1.807) is 16.0 Å². The number of nitrogens with one attached hydrogen (secondary N) is 1. The zero-order valence-corrected chi connectivity index (χ0v) is 15.2. The highest BCUT2D eigenvalue weighted by molar-refractivity contribution is 7.16. The summed E-state index contributed by atoms with van der Waals surface area (Å²) in [4.78, 5) is 1.31. The SMILES string of the molecule is C[C@H]1C[C@@]2(C[C@@H](c3cnn(CCO)c3)N1)OCCc1cc(Cl)sc12. The van der Waals surface area contributed by atoms with Crippen LogP contribution in [0.4, 0.5) is 0 Å². The van der Waals surface area contributed by atoms with Gasteiger partial charge in [-0.15, -0.1) is 11.3 Å². The van der Waals surface area contributed by atoms with Crippen LogP contribution in [0, 0.1) is 0 Å². The highest BCUT2D eigenvalue weighted by atomic mass is 35.5. The largest absolute Gasteiger partial charge is 0.394 e. The standard InChI is InChI=1S/C17H22ClN3O2S/c1-11-7-17(16-12(2-5-23-17)6-15(18)24-16)8-14(20-11)13-9-19-21(10-13)3-4-22/h6,9-11,14,20,22H,2-5,7-8H2,1H3/t11-,14-,17-/m0/s1. The predicted octanol–water partition coefficient (Wildman–Crippen LogP) is 2.87. The third-order valence-corrected chi connectivity index (χ3v) is 6.47. The van der Waals surface area contributed by atoms with E-state index in [1.165, 1.54) is 10.4 Å². The van der Waals surface area contributed by atoms with Gasteiger partial charge in [-0.2, -0.15) is 5.10 Å². The second-order valence-electron chi connectivity index (χ2n) is 6.79. The van der Waals surface area contributed by atoms with E-state index in [9.17, 15) is 0 Å². The van der Waals surface area contributed by atoms with Crippen molar-refractivity contribution in [2.45, 2.75) is 50.4 Å². The smallest absolute Gasteiger partial charge is 0.106 e. The number of halogens is 1. The van der Waals surface area contributed by atoms with Crippen LogP contribution >= 0.6 is 22.9 Å². The van der Waals surface area contributed by atoms with E-state index in [1.807, 2.05) is 12.4 Å². The van der Waals surface area contributed by atoms with Crippen LogP contribution in [0.15, 0.2) is 18.5 Å². The van der Waals surface area contributed by atoms with Crippen LogP contribution in [0.3, 0.4) is 0 Å². The highest BCUT2D eigenvalue weighted by Crippen LogP contribution is 2.49. The monoisotopic (exact) mass is 367 g/mol. The molecule has 2 aromatic heterocycles. The van der Waals surface area contributed by atoms with Crippen LogP contribution < -0.4 is 5.32 Å². The number of hydrogen-bond acceptors (Lipinski definition) is 5. The van der Waals surface area contributed by atoms with Gasteiger partial charge in [0.1, 0.15) is 5.60 Å². The second kappa shape index (κ2) is 6.42. The van der Waals surface area contributed by atoms with Gasteiger partial charge in [-0.25, -0.2) is 0 Å². The second-order valence-corrected chi connectivity index (χ2v) is 8.47. The normalized spacial score (nSPS) is 29.8. The van der Waals surface area contributed by atoms with Crippen molar-refractivity contribution >= 4 is 22.9 Å². The number of aliphatic hydroxyl groups excluding tert-OH is 1. The van der Waals surface area contributed by atoms with E-state index in [2.05, 4.69) is 23.4 Å². The first kappa shape index (κ1) is 16.5. The number of aromatic nitrogens is 2. The number of hydrogen-bond donors (Lipinski definition) is 2. The summed E-state index contributed by atoms with van der Waals surface area (Å²) in [5, 5.41) is 17.1. The van der Waals surface area contributed by atoms with Crippen LogP contribution in [0.1, 0.15) is 41.8 Å². The fourth-order valence-corrected chi connectivity index (χ4v) is 5.52. The Labute approximate surface area is 150 Å². The molecule has 0 amide bonds. The Kier molecular flexibility index (Phi) is 4.43. The van der Waals surface area contributed by atoms with E-state index >= 15 is 0 Å². The van der Waals surface area contributed by atoms with Crippen molar-refractivity contribution < 1.29 is 9.84 Å². The molecule has 1 spiro atoms. The molecule has 1 saturated heterocycles. The topological polar surface area (TPSA) is 59.3 Å². The molecule has 2 N–H and O–H groups in total. The summed E-state index contributed by atoms with van der Waals surface area (Å²) in [7, 11) is 0. The number of nitrogens with zero attached hydrogens (tertiary/aromatic N) is 2. The molecule has 0 aromatic carbocycles. The average molecular weight is 368 g/mol. The molecule has 24 heavy (non-hydrogen) atoms. The molecule has 0 saturated carbocycles. The van der Waals surface area contributed by atoms with E-state index in [-0.39, 0.29) is 18.2 Å². The zero-order chi connectivity index (χ0) is 16.7. The summed E-state index contributed by atoms with van der Waals surface area (Å²) >= 11 is 7.96. The first-order chi connectivity index (χ1) is 11.6. The minimum absolute atomic E-state index is 0.0969. The first-order valence-corrected chi connectivity index (χ1v) is 9.61. The summed E-state index contributed by atoms with van der Waals surface area (Å²) in [5.74, 6) is 0. The Morgan fingerprint density at radius 3 is 3.25 bits per heavy atom. The molecule has 2 aromatic rings. The predicted molar refractivity (Wildman–Crippen MR) is 94.5 cm³/mol. The summed E-state index contributed by atoms with van der Waals surface area (Å²) in [6.45, 7) is 3.58. The fourth-order valence-electron chi connectivity index (χ4n) is 4.06. The van der Waals surface area contributed by atoms with Crippen LogP contribution in [0.5, 0.6) is 0 Å². The lowest BCUT2D eigenvalue weighted by Crippen LogP contribution is -2.49. The maximum atomic E-state index is 9.08. The van der Waals surface area contributed by atoms with Crippen LogP contribution in [0.2, 0.25) is 4.34 Å². The summed E-state index contributed by atoms with van der Waals surface area (Å²) in [5.41, 5.74) is 2.24.